The lowest BCUT2D eigenvalue weighted by Crippen LogP contribution is -2.39. The quantitative estimate of drug-likeness (QED) is 0.829. The Morgan fingerprint density at radius 3 is 2.30 bits per heavy atom. The highest BCUT2D eigenvalue weighted by Gasteiger charge is 2.20. The monoisotopic (exact) mass is 280 g/mol. The van der Waals surface area contributed by atoms with Gasteiger partial charge in [0.25, 0.3) is 5.91 Å². The Morgan fingerprint density at radius 1 is 1.15 bits per heavy atom. The lowest BCUT2D eigenvalue weighted by molar-refractivity contribution is -0.128. The van der Waals surface area contributed by atoms with Crippen molar-refractivity contribution in [3.63, 3.8) is 0 Å². The SMILES string of the molecule is Cc1ccc(C(=O)NCCNC(=O)C(C)(C)C)cc1F. The van der Waals surface area contributed by atoms with Crippen molar-refractivity contribution in [1.29, 1.82) is 0 Å². The van der Waals surface area contributed by atoms with E-state index in [1.54, 1.807) is 19.1 Å². The number of aryl methyl sites for hydroxylation is 1. The van der Waals surface area contributed by atoms with Gasteiger partial charge in [-0.2, -0.15) is 0 Å². The highest BCUT2D eigenvalue weighted by molar-refractivity contribution is 5.94. The van der Waals surface area contributed by atoms with Gasteiger partial charge in [-0.25, -0.2) is 4.39 Å². The first kappa shape index (κ1) is 16.1. The Balaban J connectivity index is 2.41. The first-order chi connectivity index (χ1) is 9.21. The molecule has 0 bridgehead atoms. The number of nitrogens with one attached hydrogen (secondary N) is 2. The van der Waals surface area contributed by atoms with Crippen LogP contribution in [0.3, 0.4) is 0 Å². The molecule has 1 aromatic rings. The van der Waals surface area contributed by atoms with E-state index in [1.807, 2.05) is 20.8 Å². The Labute approximate surface area is 118 Å². The fraction of sp³-hybridized carbons (Fsp3) is 0.467. The Hall–Kier alpha value is -1.91. The zero-order chi connectivity index (χ0) is 15.3. The summed E-state index contributed by atoms with van der Waals surface area (Å²) in [6.45, 7) is 7.73. The molecule has 0 aliphatic rings. The third kappa shape index (κ3) is 4.64. The van der Waals surface area contributed by atoms with Crippen molar-refractivity contribution in [2.75, 3.05) is 13.1 Å². The van der Waals surface area contributed by atoms with Crippen molar-refractivity contribution in [1.82, 2.24) is 10.6 Å². The maximum Gasteiger partial charge on any atom is 0.251 e. The summed E-state index contributed by atoms with van der Waals surface area (Å²) in [4.78, 5) is 23.3. The van der Waals surface area contributed by atoms with Gasteiger partial charge in [0, 0.05) is 24.1 Å². The molecule has 110 valence electrons. The third-order valence-corrected chi connectivity index (χ3v) is 2.81. The van der Waals surface area contributed by atoms with Gasteiger partial charge in [-0.15, -0.1) is 0 Å². The van der Waals surface area contributed by atoms with E-state index in [0.29, 0.717) is 18.7 Å². The number of halogens is 1. The molecule has 0 saturated heterocycles. The van der Waals surface area contributed by atoms with Crippen molar-refractivity contribution < 1.29 is 14.0 Å². The molecule has 0 heterocycles. The molecule has 2 N–H and O–H groups in total. The molecule has 1 rings (SSSR count). The van der Waals surface area contributed by atoms with Crippen LogP contribution in [-0.2, 0) is 4.79 Å². The van der Waals surface area contributed by atoms with E-state index in [0.717, 1.165) is 0 Å². The van der Waals surface area contributed by atoms with Crippen molar-refractivity contribution in [3.8, 4) is 0 Å². The molecule has 0 atom stereocenters. The van der Waals surface area contributed by atoms with Crippen molar-refractivity contribution in [2.45, 2.75) is 27.7 Å². The highest BCUT2D eigenvalue weighted by atomic mass is 19.1. The van der Waals surface area contributed by atoms with Gasteiger partial charge >= 0.3 is 0 Å². The van der Waals surface area contributed by atoms with Crippen LogP contribution in [0.5, 0.6) is 0 Å². The molecule has 4 nitrogen and oxygen atoms in total. The molecule has 20 heavy (non-hydrogen) atoms. The average Bonchev–Trinajstić information content (AvgIpc) is 2.36. The third-order valence-electron chi connectivity index (χ3n) is 2.81. The smallest absolute Gasteiger partial charge is 0.251 e. The van der Waals surface area contributed by atoms with Crippen molar-refractivity contribution in [3.05, 3.63) is 35.1 Å². The summed E-state index contributed by atoms with van der Waals surface area (Å²) in [5.41, 5.74) is 0.318. The summed E-state index contributed by atoms with van der Waals surface area (Å²) >= 11 is 0. The molecule has 0 saturated carbocycles. The zero-order valence-electron chi connectivity index (χ0n) is 12.3. The maximum absolute atomic E-state index is 13.3. The van der Waals surface area contributed by atoms with Crippen molar-refractivity contribution in [2.24, 2.45) is 5.41 Å². The second kappa shape index (κ2) is 6.50. The summed E-state index contributed by atoms with van der Waals surface area (Å²) < 4.78 is 13.3. The van der Waals surface area contributed by atoms with Crippen LogP contribution in [-0.4, -0.2) is 24.9 Å². The first-order valence-corrected chi connectivity index (χ1v) is 6.54. The van der Waals surface area contributed by atoms with Crippen LogP contribution in [0, 0.1) is 18.2 Å². The molecule has 0 fully saturated rings. The van der Waals surface area contributed by atoms with E-state index in [-0.39, 0.29) is 17.4 Å². The molecule has 1 aromatic carbocycles. The molecule has 2 amide bonds. The van der Waals surface area contributed by atoms with Crippen LogP contribution >= 0.6 is 0 Å². The summed E-state index contributed by atoms with van der Waals surface area (Å²) in [6, 6.07) is 4.34. The second-order valence-corrected chi connectivity index (χ2v) is 5.73. The lowest BCUT2D eigenvalue weighted by atomic mass is 9.96. The van der Waals surface area contributed by atoms with Crippen LogP contribution in [0.25, 0.3) is 0 Å². The van der Waals surface area contributed by atoms with Gasteiger partial charge in [0.1, 0.15) is 5.82 Å². The number of carbonyl (C=O) groups is 2. The van der Waals surface area contributed by atoms with Gasteiger partial charge in [-0.05, 0) is 24.6 Å². The van der Waals surface area contributed by atoms with E-state index in [2.05, 4.69) is 10.6 Å². The lowest BCUT2D eigenvalue weighted by Gasteiger charge is -2.17. The van der Waals surface area contributed by atoms with Gasteiger partial charge in [0.15, 0.2) is 0 Å². The van der Waals surface area contributed by atoms with Crippen LogP contribution in [0.15, 0.2) is 18.2 Å². The minimum atomic E-state index is -0.454. The normalized spacial score (nSPS) is 11.1. The minimum absolute atomic E-state index is 0.0758. The summed E-state index contributed by atoms with van der Waals surface area (Å²) in [6.07, 6.45) is 0. The number of hydrogen-bond acceptors (Lipinski definition) is 2. The van der Waals surface area contributed by atoms with Crippen LogP contribution in [0.4, 0.5) is 4.39 Å². The minimum Gasteiger partial charge on any atom is -0.354 e. The van der Waals surface area contributed by atoms with Gasteiger partial charge in [-0.3, -0.25) is 9.59 Å². The number of hydrogen-bond donors (Lipinski definition) is 2. The molecular formula is C15H21FN2O2. The van der Waals surface area contributed by atoms with Gasteiger partial charge in [0.05, 0.1) is 0 Å². The number of benzene rings is 1. The van der Waals surface area contributed by atoms with E-state index in [1.165, 1.54) is 6.07 Å². The van der Waals surface area contributed by atoms with Gasteiger partial charge in [-0.1, -0.05) is 26.8 Å². The number of carbonyl (C=O) groups excluding carboxylic acids is 2. The van der Waals surface area contributed by atoms with E-state index in [9.17, 15) is 14.0 Å². The fourth-order valence-corrected chi connectivity index (χ4v) is 1.45. The van der Waals surface area contributed by atoms with E-state index >= 15 is 0 Å². The summed E-state index contributed by atoms with van der Waals surface area (Å²) in [5, 5.41) is 5.35. The summed E-state index contributed by atoms with van der Waals surface area (Å²) in [7, 11) is 0. The van der Waals surface area contributed by atoms with Gasteiger partial charge < -0.3 is 10.6 Å². The van der Waals surface area contributed by atoms with E-state index in [4.69, 9.17) is 0 Å². The largest absolute Gasteiger partial charge is 0.354 e. The van der Waals surface area contributed by atoms with Crippen LogP contribution in [0.1, 0.15) is 36.7 Å². The highest BCUT2D eigenvalue weighted by Crippen LogP contribution is 2.12. The Bertz CT molecular complexity index is 507. The topological polar surface area (TPSA) is 58.2 Å². The Morgan fingerprint density at radius 2 is 1.75 bits per heavy atom. The molecule has 0 aliphatic carbocycles. The Kier molecular flexibility index (Phi) is 5.25. The molecule has 0 aromatic heterocycles. The molecule has 5 heteroatoms. The number of amides is 2. The predicted octanol–water partition coefficient (Wildman–Crippen LogP) is 2.03. The second-order valence-electron chi connectivity index (χ2n) is 5.73. The van der Waals surface area contributed by atoms with Crippen LogP contribution < -0.4 is 10.6 Å². The standard InChI is InChI=1S/C15H21FN2O2/c1-10-5-6-11(9-12(10)16)13(19)17-7-8-18-14(20)15(2,3)4/h5-6,9H,7-8H2,1-4H3,(H,17,19)(H,18,20). The van der Waals surface area contributed by atoms with E-state index < -0.39 is 11.2 Å². The van der Waals surface area contributed by atoms with Crippen molar-refractivity contribution >= 4 is 11.8 Å². The number of rotatable bonds is 4. The van der Waals surface area contributed by atoms with Gasteiger partial charge in [0.2, 0.25) is 5.91 Å². The predicted molar refractivity (Wildman–Crippen MR) is 75.9 cm³/mol. The van der Waals surface area contributed by atoms with Crippen LogP contribution in [0.2, 0.25) is 0 Å². The zero-order valence-corrected chi connectivity index (χ0v) is 12.3. The molecular weight excluding hydrogens is 259 g/mol. The average molecular weight is 280 g/mol. The molecule has 0 aliphatic heterocycles. The molecule has 0 radical (unpaired) electrons. The summed E-state index contributed by atoms with van der Waals surface area (Å²) in [5.74, 6) is -0.833. The molecule has 0 unspecified atom stereocenters. The fourth-order valence-electron chi connectivity index (χ4n) is 1.45. The molecule has 0 spiro atoms. The first-order valence-electron chi connectivity index (χ1n) is 6.54. The maximum atomic E-state index is 13.3.